The smallest absolute Gasteiger partial charge is 0.0962 e. The Morgan fingerprint density at radius 3 is 2.48 bits per heavy atom. The molecule has 1 aromatic rings. The van der Waals surface area contributed by atoms with Crippen LogP contribution in [0.4, 0.5) is 0 Å². The van der Waals surface area contributed by atoms with Crippen molar-refractivity contribution in [2.45, 2.75) is 77.6 Å². The molecular weight excluding hydrogens is 276 g/mol. The lowest BCUT2D eigenvalue weighted by Gasteiger charge is -2.36. The molecule has 0 bridgehead atoms. The van der Waals surface area contributed by atoms with E-state index in [2.05, 4.69) is 20.8 Å². The van der Waals surface area contributed by atoms with E-state index in [4.69, 9.17) is 10.7 Å². The van der Waals surface area contributed by atoms with Crippen LogP contribution in [0.1, 0.15) is 86.7 Å². The van der Waals surface area contributed by atoms with Crippen LogP contribution in [-0.2, 0) is 6.42 Å². The molecule has 0 spiro atoms. The first-order valence-electron chi connectivity index (χ1n) is 8.68. The summed E-state index contributed by atoms with van der Waals surface area (Å²) in [5.41, 5.74) is 7.77. The van der Waals surface area contributed by atoms with E-state index in [0.717, 1.165) is 18.4 Å². The summed E-state index contributed by atoms with van der Waals surface area (Å²) in [7, 11) is 0. The van der Waals surface area contributed by atoms with Crippen molar-refractivity contribution in [2.24, 2.45) is 17.1 Å². The minimum absolute atomic E-state index is 0.470. The second-order valence-electron chi connectivity index (χ2n) is 8.10. The molecule has 0 saturated heterocycles. The molecule has 1 heterocycles. The van der Waals surface area contributed by atoms with Gasteiger partial charge in [0.1, 0.15) is 0 Å². The fraction of sp³-hybridized carbons (Fsp3) is 0.833. The van der Waals surface area contributed by atoms with E-state index < -0.39 is 0 Å². The van der Waals surface area contributed by atoms with Crippen molar-refractivity contribution in [3.05, 3.63) is 15.6 Å². The molecule has 118 valence electrons. The number of rotatable bonds is 2. The topological polar surface area (TPSA) is 38.9 Å². The van der Waals surface area contributed by atoms with Crippen LogP contribution in [0.25, 0.3) is 0 Å². The third kappa shape index (κ3) is 3.19. The van der Waals surface area contributed by atoms with Gasteiger partial charge >= 0.3 is 0 Å². The Kier molecular flexibility index (Phi) is 4.42. The lowest BCUT2D eigenvalue weighted by atomic mass is 9.70. The minimum atomic E-state index is 0.470. The molecule has 2 N–H and O–H groups in total. The summed E-state index contributed by atoms with van der Waals surface area (Å²) in [6.45, 7) is 7.96. The summed E-state index contributed by atoms with van der Waals surface area (Å²) >= 11 is 2.00. The van der Waals surface area contributed by atoms with Crippen molar-refractivity contribution in [3.8, 4) is 0 Å². The Hall–Kier alpha value is -0.410. The number of aromatic nitrogens is 1. The number of hydrogen-bond donors (Lipinski definition) is 1. The summed E-state index contributed by atoms with van der Waals surface area (Å²) < 4.78 is 0. The monoisotopic (exact) mass is 306 g/mol. The van der Waals surface area contributed by atoms with Crippen molar-refractivity contribution in [1.82, 2.24) is 4.98 Å². The van der Waals surface area contributed by atoms with Crippen molar-refractivity contribution in [3.63, 3.8) is 0 Å². The maximum Gasteiger partial charge on any atom is 0.0962 e. The van der Waals surface area contributed by atoms with Gasteiger partial charge in [0.05, 0.1) is 10.7 Å². The number of hydrogen-bond acceptors (Lipinski definition) is 3. The third-order valence-electron chi connectivity index (χ3n) is 5.67. The van der Waals surface area contributed by atoms with Gasteiger partial charge in [-0.3, -0.25) is 0 Å². The molecule has 3 rings (SSSR count). The molecule has 1 unspecified atom stereocenters. The Balaban J connectivity index is 1.70. The number of nitrogens with zero attached hydrogens (tertiary/aromatic N) is 1. The zero-order valence-corrected chi connectivity index (χ0v) is 14.6. The van der Waals surface area contributed by atoms with Crippen LogP contribution in [0.3, 0.4) is 0 Å². The minimum Gasteiger partial charge on any atom is -0.330 e. The Labute approximate surface area is 133 Å². The summed E-state index contributed by atoms with van der Waals surface area (Å²) in [4.78, 5) is 6.60. The quantitative estimate of drug-likeness (QED) is 0.849. The van der Waals surface area contributed by atoms with Gasteiger partial charge in [-0.05, 0) is 56.3 Å². The summed E-state index contributed by atoms with van der Waals surface area (Å²) in [5.74, 6) is 2.14. The van der Waals surface area contributed by atoms with Crippen molar-refractivity contribution in [1.29, 1.82) is 0 Å². The molecule has 1 aromatic heterocycles. The second-order valence-corrected chi connectivity index (χ2v) is 9.22. The first-order chi connectivity index (χ1) is 9.99. The van der Waals surface area contributed by atoms with E-state index in [-0.39, 0.29) is 0 Å². The molecule has 1 saturated carbocycles. The molecule has 0 amide bonds. The van der Waals surface area contributed by atoms with Crippen LogP contribution in [0.5, 0.6) is 0 Å². The number of nitrogens with two attached hydrogens (primary N) is 1. The maximum atomic E-state index is 5.94. The van der Waals surface area contributed by atoms with Crippen LogP contribution in [-0.4, -0.2) is 11.5 Å². The zero-order chi connectivity index (χ0) is 15.0. The molecule has 0 aliphatic heterocycles. The molecular formula is C18H30N2S. The molecule has 21 heavy (non-hydrogen) atoms. The number of fused-ring (bicyclic) bond motifs is 1. The van der Waals surface area contributed by atoms with Crippen LogP contribution in [0, 0.1) is 11.3 Å². The van der Waals surface area contributed by atoms with Crippen molar-refractivity contribution in [2.75, 3.05) is 6.54 Å². The highest BCUT2D eigenvalue weighted by Crippen LogP contribution is 2.45. The van der Waals surface area contributed by atoms with Gasteiger partial charge < -0.3 is 5.73 Å². The van der Waals surface area contributed by atoms with Gasteiger partial charge in [0, 0.05) is 23.3 Å². The lowest BCUT2D eigenvalue weighted by Crippen LogP contribution is -2.25. The van der Waals surface area contributed by atoms with E-state index in [1.165, 1.54) is 55.6 Å². The fourth-order valence-electron chi connectivity index (χ4n) is 4.14. The third-order valence-corrected chi connectivity index (χ3v) is 6.97. The van der Waals surface area contributed by atoms with E-state index >= 15 is 0 Å². The molecule has 2 nitrogen and oxygen atoms in total. The average molecular weight is 307 g/mol. The molecule has 0 aromatic carbocycles. The predicted molar refractivity (Wildman–Crippen MR) is 91.0 cm³/mol. The number of thiazole rings is 1. The highest BCUT2D eigenvalue weighted by molar-refractivity contribution is 7.11. The maximum absolute atomic E-state index is 5.94. The standard InChI is InChI=1S/C18H30N2S/c1-18(2,3)14-9-7-12(8-10-14)17-20-16-13(11-19)5-4-6-15(16)21-17/h12-14H,4-11,19H2,1-3H3. The van der Waals surface area contributed by atoms with Gasteiger partial charge in [0.15, 0.2) is 0 Å². The number of aryl methyl sites for hydroxylation is 1. The molecule has 2 aliphatic carbocycles. The predicted octanol–water partition coefficient (Wildman–Crippen LogP) is 4.84. The van der Waals surface area contributed by atoms with Gasteiger partial charge in [-0.15, -0.1) is 11.3 Å². The van der Waals surface area contributed by atoms with Gasteiger partial charge in [-0.2, -0.15) is 0 Å². The zero-order valence-electron chi connectivity index (χ0n) is 13.8. The van der Waals surface area contributed by atoms with E-state index in [9.17, 15) is 0 Å². The molecule has 0 radical (unpaired) electrons. The summed E-state index contributed by atoms with van der Waals surface area (Å²) in [6.07, 6.45) is 9.19. The average Bonchev–Trinajstić information content (AvgIpc) is 2.90. The fourth-order valence-corrected chi connectivity index (χ4v) is 5.50. The molecule has 1 fully saturated rings. The van der Waals surface area contributed by atoms with Gasteiger partial charge in [0.2, 0.25) is 0 Å². The lowest BCUT2D eigenvalue weighted by molar-refractivity contribution is 0.169. The van der Waals surface area contributed by atoms with Crippen LogP contribution < -0.4 is 5.73 Å². The van der Waals surface area contributed by atoms with E-state index in [0.29, 0.717) is 11.3 Å². The first-order valence-corrected chi connectivity index (χ1v) is 9.50. The van der Waals surface area contributed by atoms with Crippen LogP contribution in [0.15, 0.2) is 0 Å². The van der Waals surface area contributed by atoms with E-state index in [1.807, 2.05) is 11.3 Å². The molecule has 1 atom stereocenters. The van der Waals surface area contributed by atoms with Gasteiger partial charge in [-0.25, -0.2) is 4.98 Å². The van der Waals surface area contributed by atoms with Crippen LogP contribution in [0.2, 0.25) is 0 Å². The summed E-state index contributed by atoms with van der Waals surface area (Å²) in [6, 6.07) is 0. The molecule has 3 heteroatoms. The van der Waals surface area contributed by atoms with Crippen LogP contribution >= 0.6 is 11.3 Å². The Morgan fingerprint density at radius 2 is 1.86 bits per heavy atom. The SMILES string of the molecule is CC(C)(C)C1CCC(c2nc3c(s2)CCCC3CN)CC1. The highest BCUT2D eigenvalue weighted by Gasteiger charge is 2.32. The van der Waals surface area contributed by atoms with Crippen molar-refractivity contribution >= 4 is 11.3 Å². The largest absolute Gasteiger partial charge is 0.330 e. The second kappa shape index (κ2) is 6.00. The Morgan fingerprint density at radius 1 is 1.14 bits per heavy atom. The van der Waals surface area contributed by atoms with Gasteiger partial charge in [-0.1, -0.05) is 20.8 Å². The highest BCUT2D eigenvalue weighted by atomic mass is 32.1. The summed E-state index contributed by atoms with van der Waals surface area (Å²) in [5, 5.41) is 1.42. The normalized spacial score (nSPS) is 30.2. The van der Waals surface area contributed by atoms with E-state index in [1.54, 1.807) is 4.88 Å². The first kappa shape index (κ1) is 15.5. The van der Waals surface area contributed by atoms with Gasteiger partial charge in [0.25, 0.3) is 0 Å². The van der Waals surface area contributed by atoms with Crippen molar-refractivity contribution < 1.29 is 0 Å². The Bertz CT molecular complexity index is 478. The molecule has 2 aliphatic rings.